The van der Waals surface area contributed by atoms with Crippen molar-refractivity contribution < 1.29 is 9.47 Å². The molecule has 4 heteroatoms. The van der Waals surface area contributed by atoms with Gasteiger partial charge >= 0.3 is 0 Å². The van der Waals surface area contributed by atoms with Gasteiger partial charge in [-0.05, 0) is 37.2 Å². The zero-order valence-electron chi connectivity index (χ0n) is 10.9. The van der Waals surface area contributed by atoms with Gasteiger partial charge in [-0.3, -0.25) is 0 Å². The maximum atomic E-state index is 5.58. The van der Waals surface area contributed by atoms with Gasteiger partial charge in [-0.2, -0.15) is 0 Å². The highest BCUT2D eigenvalue weighted by Crippen LogP contribution is 2.28. The number of nitrogens with one attached hydrogen (secondary N) is 1. The van der Waals surface area contributed by atoms with Crippen LogP contribution in [0.15, 0.2) is 29.8 Å². The molecule has 0 unspecified atom stereocenters. The monoisotopic (exact) mass is 269 g/mol. The molecule has 0 saturated carbocycles. The Morgan fingerprint density at radius 2 is 2.06 bits per heavy atom. The van der Waals surface area contributed by atoms with Crippen LogP contribution in [-0.2, 0) is 6.54 Å². The third-order valence-electron chi connectivity index (χ3n) is 2.31. The van der Waals surface area contributed by atoms with Crippen molar-refractivity contribution >= 4 is 11.6 Å². The predicted octanol–water partition coefficient (Wildman–Crippen LogP) is 3.33. The minimum atomic E-state index is 0.441. The summed E-state index contributed by atoms with van der Waals surface area (Å²) in [6.45, 7) is 6.88. The van der Waals surface area contributed by atoms with Gasteiger partial charge in [0.15, 0.2) is 11.5 Å². The number of ether oxygens (including phenoxy) is 2. The standard InChI is InChI=1S/C14H20ClNO2/c1-3-16-11-12-6-7-13(18-9-5-8-15)14(10-12)17-4-2/h5-8,10,16H,3-4,9,11H2,1-2H3/b8-5+. The summed E-state index contributed by atoms with van der Waals surface area (Å²) in [4.78, 5) is 0. The highest BCUT2D eigenvalue weighted by molar-refractivity contribution is 6.25. The summed E-state index contributed by atoms with van der Waals surface area (Å²) >= 11 is 5.45. The lowest BCUT2D eigenvalue weighted by molar-refractivity contribution is 0.296. The third kappa shape index (κ3) is 4.98. The zero-order valence-corrected chi connectivity index (χ0v) is 11.7. The summed E-state index contributed by atoms with van der Waals surface area (Å²) in [5.41, 5.74) is 2.63. The smallest absolute Gasteiger partial charge is 0.161 e. The largest absolute Gasteiger partial charge is 0.490 e. The van der Waals surface area contributed by atoms with Crippen LogP contribution < -0.4 is 14.8 Å². The molecule has 1 aromatic rings. The van der Waals surface area contributed by atoms with Crippen molar-refractivity contribution in [1.82, 2.24) is 5.32 Å². The highest BCUT2D eigenvalue weighted by Gasteiger charge is 2.05. The molecular weight excluding hydrogens is 250 g/mol. The van der Waals surface area contributed by atoms with Crippen molar-refractivity contribution in [2.45, 2.75) is 20.4 Å². The van der Waals surface area contributed by atoms with Gasteiger partial charge in [0.25, 0.3) is 0 Å². The average molecular weight is 270 g/mol. The van der Waals surface area contributed by atoms with Crippen molar-refractivity contribution in [2.75, 3.05) is 19.8 Å². The van der Waals surface area contributed by atoms with Crippen molar-refractivity contribution in [3.8, 4) is 11.5 Å². The fraction of sp³-hybridized carbons (Fsp3) is 0.429. The molecule has 1 N–H and O–H groups in total. The quantitative estimate of drug-likeness (QED) is 0.785. The summed E-state index contributed by atoms with van der Waals surface area (Å²) in [5, 5.41) is 3.28. The first-order valence-electron chi connectivity index (χ1n) is 6.16. The Morgan fingerprint density at radius 1 is 1.22 bits per heavy atom. The molecule has 0 radical (unpaired) electrons. The molecule has 0 saturated heterocycles. The molecule has 0 fully saturated rings. The minimum absolute atomic E-state index is 0.441. The molecule has 0 aliphatic rings. The molecule has 0 bridgehead atoms. The average Bonchev–Trinajstić information content (AvgIpc) is 2.39. The van der Waals surface area contributed by atoms with Crippen molar-refractivity contribution in [3.05, 3.63) is 35.4 Å². The van der Waals surface area contributed by atoms with E-state index in [0.29, 0.717) is 13.2 Å². The lowest BCUT2D eigenvalue weighted by atomic mass is 10.2. The van der Waals surface area contributed by atoms with E-state index in [1.54, 1.807) is 6.08 Å². The number of hydrogen-bond donors (Lipinski definition) is 1. The molecule has 0 spiro atoms. The molecule has 0 amide bonds. The first-order chi connectivity index (χ1) is 8.81. The van der Waals surface area contributed by atoms with Crippen LogP contribution in [0.1, 0.15) is 19.4 Å². The van der Waals surface area contributed by atoms with Gasteiger partial charge in [-0.1, -0.05) is 24.6 Å². The first-order valence-corrected chi connectivity index (χ1v) is 6.59. The van der Waals surface area contributed by atoms with Crippen LogP contribution in [0.25, 0.3) is 0 Å². The Balaban J connectivity index is 2.75. The van der Waals surface area contributed by atoms with Gasteiger partial charge in [0.1, 0.15) is 6.61 Å². The Bertz CT molecular complexity index is 380. The predicted molar refractivity (Wildman–Crippen MR) is 75.5 cm³/mol. The van der Waals surface area contributed by atoms with E-state index in [1.165, 1.54) is 11.1 Å². The molecule has 0 aliphatic heterocycles. The fourth-order valence-corrected chi connectivity index (χ4v) is 1.57. The van der Waals surface area contributed by atoms with E-state index in [-0.39, 0.29) is 0 Å². The molecule has 0 aromatic heterocycles. The fourth-order valence-electron chi connectivity index (χ4n) is 1.49. The SMILES string of the molecule is CCNCc1ccc(OC/C=C/Cl)c(OCC)c1. The lowest BCUT2D eigenvalue weighted by Crippen LogP contribution is -2.12. The number of halogens is 1. The van der Waals surface area contributed by atoms with Crippen molar-refractivity contribution in [3.63, 3.8) is 0 Å². The minimum Gasteiger partial charge on any atom is -0.490 e. The van der Waals surface area contributed by atoms with E-state index < -0.39 is 0 Å². The van der Waals surface area contributed by atoms with Gasteiger partial charge < -0.3 is 14.8 Å². The van der Waals surface area contributed by atoms with E-state index in [1.807, 2.05) is 25.1 Å². The van der Waals surface area contributed by atoms with Crippen LogP contribution in [0, 0.1) is 0 Å². The van der Waals surface area contributed by atoms with Gasteiger partial charge in [-0.15, -0.1) is 0 Å². The van der Waals surface area contributed by atoms with Crippen LogP contribution in [0.3, 0.4) is 0 Å². The van der Waals surface area contributed by atoms with E-state index in [4.69, 9.17) is 21.1 Å². The van der Waals surface area contributed by atoms with E-state index in [2.05, 4.69) is 12.2 Å². The maximum Gasteiger partial charge on any atom is 0.161 e. The van der Waals surface area contributed by atoms with Crippen LogP contribution in [-0.4, -0.2) is 19.8 Å². The summed E-state index contributed by atoms with van der Waals surface area (Å²) in [6, 6.07) is 5.97. The first kappa shape index (κ1) is 14.9. The van der Waals surface area contributed by atoms with Crippen LogP contribution in [0.5, 0.6) is 11.5 Å². The third-order valence-corrected chi connectivity index (χ3v) is 2.49. The van der Waals surface area contributed by atoms with Gasteiger partial charge in [0.2, 0.25) is 0 Å². The molecule has 1 rings (SSSR count). The highest BCUT2D eigenvalue weighted by atomic mass is 35.5. The van der Waals surface area contributed by atoms with E-state index >= 15 is 0 Å². The molecule has 3 nitrogen and oxygen atoms in total. The summed E-state index contributed by atoms with van der Waals surface area (Å²) < 4.78 is 11.2. The Hall–Kier alpha value is -1.19. The van der Waals surface area contributed by atoms with Gasteiger partial charge in [0, 0.05) is 12.1 Å². The Kier molecular flexibility index (Phi) is 7.30. The van der Waals surface area contributed by atoms with Crippen molar-refractivity contribution in [1.29, 1.82) is 0 Å². The second-order valence-corrected chi connectivity index (χ2v) is 3.92. The molecule has 1 aromatic carbocycles. The topological polar surface area (TPSA) is 30.5 Å². The normalized spacial score (nSPS) is 10.8. The van der Waals surface area contributed by atoms with Gasteiger partial charge in [0.05, 0.1) is 6.61 Å². The van der Waals surface area contributed by atoms with E-state index in [0.717, 1.165) is 24.6 Å². The number of benzene rings is 1. The Labute approximate surface area is 114 Å². The molecular formula is C14H20ClNO2. The van der Waals surface area contributed by atoms with Crippen molar-refractivity contribution in [2.24, 2.45) is 0 Å². The molecule has 0 heterocycles. The molecule has 100 valence electrons. The maximum absolute atomic E-state index is 5.58. The van der Waals surface area contributed by atoms with Crippen LogP contribution in [0.2, 0.25) is 0 Å². The Morgan fingerprint density at radius 3 is 2.72 bits per heavy atom. The summed E-state index contributed by atoms with van der Waals surface area (Å²) in [7, 11) is 0. The van der Waals surface area contributed by atoms with Crippen LogP contribution in [0.4, 0.5) is 0 Å². The summed E-state index contributed by atoms with van der Waals surface area (Å²) in [6.07, 6.45) is 1.74. The summed E-state index contributed by atoms with van der Waals surface area (Å²) in [5.74, 6) is 1.52. The second kappa shape index (κ2) is 8.84. The zero-order chi connectivity index (χ0) is 13.2. The lowest BCUT2D eigenvalue weighted by Gasteiger charge is -2.12. The second-order valence-electron chi connectivity index (χ2n) is 3.67. The molecule has 0 atom stereocenters. The van der Waals surface area contributed by atoms with Crippen LogP contribution >= 0.6 is 11.6 Å². The molecule has 18 heavy (non-hydrogen) atoms. The number of rotatable bonds is 8. The van der Waals surface area contributed by atoms with E-state index in [9.17, 15) is 0 Å². The number of hydrogen-bond acceptors (Lipinski definition) is 3. The molecule has 0 aliphatic carbocycles. The van der Waals surface area contributed by atoms with Gasteiger partial charge in [-0.25, -0.2) is 0 Å².